The summed E-state index contributed by atoms with van der Waals surface area (Å²) < 4.78 is 45.5. The predicted octanol–water partition coefficient (Wildman–Crippen LogP) is 14.9. The lowest BCUT2D eigenvalue weighted by molar-refractivity contribution is -0.129. The van der Waals surface area contributed by atoms with E-state index in [1.165, 1.54) is 38.5 Å². The third kappa shape index (κ3) is 15.4. The molecule has 3 aromatic carbocycles. The molecule has 0 spiro atoms. The monoisotopic (exact) mass is 1650 g/mol. The minimum absolute atomic E-state index is 0.0448. The van der Waals surface area contributed by atoms with Crippen molar-refractivity contribution >= 4 is 133 Å². The average Bonchev–Trinajstić information content (AvgIpc) is 1.64. The van der Waals surface area contributed by atoms with Crippen LogP contribution in [0, 0.1) is 17.8 Å². The molecule has 0 unspecified atom stereocenters. The highest BCUT2D eigenvalue weighted by Gasteiger charge is 2.55. The average molecular weight is 1660 g/mol. The van der Waals surface area contributed by atoms with E-state index in [2.05, 4.69) is 76.8 Å². The van der Waals surface area contributed by atoms with Gasteiger partial charge in [0.15, 0.2) is 28.7 Å². The zero-order valence-corrected chi connectivity index (χ0v) is 63.5. The summed E-state index contributed by atoms with van der Waals surface area (Å²) in [6, 6.07) is 25.3. The van der Waals surface area contributed by atoms with Gasteiger partial charge in [-0.3, -0.25) is 24.2 Å². The van der Waals surface area contributed by atoms with Crippen molar-refractivity contribution in [1.29, 1.82) is 0 Å². The highest BCUT2D eigenvalue weighted by molar-refractivity contribution is 9.10. The second-order valence-electron chi connectivity index (χ2n) is 27.5. The quantitative estimate of drug-likeness (QED) is 0.0669. The van der Waals surface area contributed by atoms with Crippen LogP contribution in [0.15, 0.2) is 109 Å². The number of carbonyl (C=O) groups excluding carboxylic acids is 5. The number of amides is 3. The number of halogens is 7. The molecule has 3 aliphatic heterocycles. The van der Waals surface area contributed by atoms with Crippen molar-refractivity contribution in [2.45, 2.75) is 151 Å². The Hall–Kier alpha value is -8.55. The number of benzene rings is 3. The molecule has 9 fully saturated rings. The van der Waals surface area contributed by atoms with Gasteiger partial charge in [-0.15, -0.1) is 30.6 Å². The summed E-state index contributed by atoms with van der Waals surface area (Å²) in [6.45, 7) is 0.842. The number of aromatic nitrogens is 9. The maximum Gasteiger partial charge on any atom is 0.358 e. The Morgan fingerprint density at radius 1 is 0.472 bits per heavy atom. The Balaban J connectivity index is 0.000000122. The first-order valence-corrected chi connectivity index (χ1v) is 38.0. The minimum Gasteiger partial charge on any atom is -0.476 e. The summed E-state index contributed by atoms with van der Waals surface area (Å²) in [4.78, 5) is 74.9. The van der Waals surface area contributed by atoms with E-state index in [9.17, 15) is 28.8 Å². The van der Waals surface area contributed by atoms with E-state index in [0.29, 0.717) is 130 Å². The molecule has 9 atom stereocenters. The number of rotatable bonds is 20. The number of carboxylic acid groups (broad SMARTS) is 1. The van der Waals surface area contributed by atoms with E-state index in [1.54, 1.807) is 76.5 Å². The first kappa shape index (κ1) is 74.9. The smallest absolute Gasteiger partial charge is 0.358 e. The summed E-state index contributed by atoms with van der Waals surface area (Å²) in [5.41, 5.74) is 6.43. The van der Waals surface area contributed by atoms with Crippen molar-refractivity contribution in [2.75, 3.05) is 24.0 Å². The molecule has 560 valence electrons. The van der Waals surface area contributed by atoms with Crippen molar-refractivity contribution in [3.63, 3.8) is 0 Å². The molecule has 6 saturated carbocycles. The lowest BCUT2D eigenvalue weighted by Gasteiger charge is -2.30. The van der Waals surface area contributed by atoms with Crippen LogP contribution >= 0.6 is 85.5 Å². The molecule has 9 aliphatic rings. The van der Waals surface area contributed by atoms with Gasteiger partial charge >= 0.3 is 17.9 Å². The van der Waals surface area contributed by atoms with Gasteiger partial charge in [0.1, 0.15) is 39.0 Å². The van der Waals surface area contributed by atoms with Crippen LogP contribution in [0.25, 0.3) is 33.8 Å². The van der Waals surface area contributed by atoms with Gasteiger partial charge in [-0.1, -0.05) is 103 Å². The summed E-state index contributed by atoms with van der Waals surface area (Å²) in [6.07, 6.45) is 10.1. The number of hydrogen-bond acceptors (Lipinski definition) is 23. The molecule has 34 heteroatoms. The first-order chi connectivity index (χ1) is 52.2. The van der Waals surface area contributed by atoms with E-state index < -0.39 is 17.9 Å². The van der Waals surface area contributed by atoms with E-state index >= 15 is 0 Å². The van der Waals surface area contributed by atoms with Crippen LogP contribution in [0.4, 0.5) is 11.6 Å². The number of aromatic carboxylic acids is 1. The van der Waals surface area contributed by atoms with Crippen molar-refractivity contribution in [3.05, 3.63) is 177 Å². The van der Waals surface area contributed by atoms with Gasteiger partial charge in [0.05, 0.1) is 100 Å². The molecule has 3 amide bonds. The second kappa shape index (κ2) is 31.8. The Labute approximate surface area is 654 Å². The number of carboxylic acids is 1. The van der Waals surface area contributed by atoms with Gasteiger partial charge in [-0.25, -0.2) is 14.4 Å². The zero-order valence-electron chi connectivity index (χ0n) is 57.4. The third-order valence-electron chi connectivity index (χ3n) is 20.6. The highest BCUT2D eigenvalue weighted by atomic mass is 79.9. The normalized spacial score (nSPS) is 22.7. The number of anilines is 2. The summed E-state index contributed by atoms with van der Waals surface area (Å²) >= 11 is 41.6. The Bertz CT molecular complexity index is 4890. The van der Waals surface area contributed by atoms with Crippen molar-refractivity contribution in [1.82, 2.24) is 51.4 Å². The van der Waals surface area contributed by atoms with Gasteiger partial charge in [0.2, 0.25) is 17.7 Å². The zero-order chi connectivity index (χ0) is 75.3. The molecule has 2 N–H and O–H groups in total. The second-order valence-corrected chi connectivity index (χ2v) is 30.8. The Kier molecular flexibility index (Phi) is 22.1. The fourth-order valence-electron chi connectivity index (χ4n) is 14.9. The van der Waals surface area contributed by atoms with Crippen LogP contribution in [0.3, 0.4) is 0 Å². The topological polar surface area (TPSA) is 343 Å². The maximum absolute atomic E-state index is 13.2. The van der Waals surface area contributed by atoms with Crippen LogP contribution in [-0.2, 0) is 57.9 Å². The van der Waals surface area contributed by atoms with E-state index in [4.69, 9.17) is 102 Å². The van der Waals surface area contributed by atoms with Crippen LogP contribution in [-0.4, -0.2) is 137 Å². The number of carbonyl (C=O) groups is 6. The number of nitrogens with zero attached hydrogens (tertiary/aromatic N) is 11. The number of hydrogen-bond donors (Lipinski definition) is 2. The lowest BCUT2D eigenvalue weighted by atomic mass is 10.0. The predicted molar refractivity (Wildman–Crippen MR) is 394 cm³/mol. The fraction of sp³-hybridized carbons (Fsp3) is 0.392. The number of ether oxygens (including phenoxy) is 5. The molecule has 108 heavy (non-hydrogen) atoms. The molecule has 27 nitrogen and oxygen atoms in total. The van der Waals surface area contributed by atoms with Gasteiger partial charge in [0.25, 0.3) is 0 Å². The summed E-state index contributed by atoms with van der Waals surface area (Å²) in [5, 5.41) is 50.7. The summed E-state index contributed by atoms with van der Waals surface area (Å²) in [5.74, 6) is 1.35. The van der Waals surface area contributed by atoms with E-state index in [0.717, 1.165) is 85.3 Å². The van der Waals surface area contributed by atoms with Gasteiger partial charge in [-0.05, 0) is 166 Å². The number of esters is 2. The summed E-state index contributed by atoms with van der Waals surface area (Å²) in [7, 11) is 2.58. The largest absolute Gasteiger partial charge is 0.476 e. The molecule has 9 heterocycles. The lowest BCUT2D eigenvalue weighted by Crippen LogP contribution is -2.43. The van der Waals surface area contributed by atoms with Crippen molar-refractivity contribution in [3.8, 4) is 33.8 Å². The van der Waals surface area contributed by atoms with Crippen LogP contribution in [0.2, 0.25) is 30.1 Å². The van der Waals surface area contributed by atoms with Gasteiger partial charge in [-0.2, -0.15) is 0 Å². The van der Waals surface area contributed by atoms with Gasteiger partial charge < -0.3 is 47.7 Å². The Morgan fingerprint density at radius 3 is 1.14 bits per heavy atom. The molecule has 9 aromatic rings. The molecule has 3 saturated heterocycles. The molecule has 6 aromatic heterocycles. The molecule has 18 rings (SSSR count). The van der Waals surface area contributed by atoms with Crippen molar-refractivity contribution in [2.24, 2.45) is 17.8 Å². The third-order valence-corrected chi connectivity index (χ3v) is 23.0. The van der Waals surface area contributed by atoms with E-state index in [-0.39, 0.29) is 102 Å². The first-order valence-electron chi connectivity index (χ1n) is 34.9. The molecule has 0 radical (unpaired) electrons. The number of nitrogens with one attached hydrogen (secondary N) is 1. The SMILES string of the molecule is COC(=O)c1ccc(Br)nn1.COC(=O)c1ccc(N2C(=O)[C@@H]3C[C@H]2C[C@H]3OCc2c(-c3c(Cl)cccc3Cl)noc2C2CC2)nn1.O=C(O)c1ccc(N2C(=O)[C@@H]3C[C@H]2C[C@H]3OCc2c(-c3c(Cl)cccc3Cl)noc2C2CC2)nn1.O=C1N[C@@H]2C[C@@H](OCc3c(-c4c(Cl)cccc4Cl)noc3C3CC3)[C@H]1C2. The number of methoxy groups -OCH3 is 2. The number of fused-ring (bicyclic) bond motifs is 6. The van der Waals surface area contributed by atoms with E-state index in [1.807, 2.05) is 0 Å². The highest BCUT2D eigenvalue weighted by Crippen LogP contribution is 2.52. The van der Waals surface area contributed by atoms with Crippen LogP contribution < -0.4 is 15.1 Å². The molecule has 6 aliphatic carbocycles. The van der Waals surface area contributed by atoms with Crippen LogP contribution in [0.1, 0.15) is 160 Å². The van der Waals surface area contributed by atoms with Crippen LogP contribution in [0.5, 0.6) is 0 Å². The maximum atomic E-state index is 13.2. The fourth-order valence-corrected chi connectivity index (χ4v) is 16.9. The minimum atomic E-state index is -1.16. The standard InChI is InChI=1S/C25H22Cl2N4O5.C24H20Cl2N4O5.C19H18Cl2N2O3.C6H5BrN2O2/c1-34-25(33)18-7-8-20(29-28-18)31-13-9-14(24(31)32)19(10-13)35-11-15-22(30-36-23(15)12-5-6-12)21-16(26)3-2-4-17(21)27;25-15-2-1-3-16(26)20(15)21-14(22(35-29-21)11-4-5-11)10-34-18-9-12-8-13(18)23(31)30(12)19-7-6-17(24(32)33)27-28-19;20-13-2-1-3-14(21)16(13)17-12(18(26-23-17)9-4-5-9)8-25-15-7-10-6-11(15)19(24)22-10;1-11-6(10)4-2-3-5(7)9-8-4/h2-4,7-8,12-14,19H,5-6,9-11H2,1H3;1-3,6-7,11-13,18H,4-5,8-10H2,(H,32,33);1-3,9-11,15H,4-8H2,(H,22,24);2-3H,1H3/t13-,14+,19+;12-,13+,18+;10-,11+,15+;/m000./s1. The molecular formula is C74H65BrCl6N12O15. The van der Waals surface area contributed by atoms with Crippen molar-refractivity contribution < 1.29 is 71.1 Å². The molecule has 6 bridgehead atoms. The molecular weight excluding hydrogens is 1590 g/mol. The van der Waals surface area contributed by atoms with Gasteiger partial charge in [0, 0.05) is 69.3 Å². The Morgan fingerprint density at radius 2 is 0.833 bits per heavy atom. The number of piperidine rings is 3.